The molecular formula is C24H24N4O5S. The Morgan fingerprint density at radius 2 is 1.79 bits per heavy atom. The van der Waals surface area contributed by atoms with Gasteiger partial charge in [0, 0.05) is 23.8 Å². The van der Waals surface area contributed by atoms with E-state index in [0.29, 0.717) is 23.7 Å². The van der Waals surface area contributed by atoms with Crippen LogP contribution >= 0.6 is 0 Å². The molecule has 0 radical (unpaired) electrons. The van der Waals surface area contributed by atoms with E-state index in [9.17, 15) is 13.2 Å². The van der Waals surface area contributed by atoms with Gasteiger partial charge in [0.25, 0.3) is 15.9 Å². The fraction of sp³-hybridized carbons (Fsp3) is 0.167. The van der Waals surface area contributed by atoms with Crippen molar-refractivity contribution in [2.24, 2.45) is 0 Å². The van der Waals surface area contributed by atoms with Gasteiger partial charge in [-0.25, -0.2) is 13.4 Å². The SMILES string of the molecule is CCOc1ccc(NS(=O)(=O)c2cc(NC(=O)c3cn4ccc(C)cc4n3)ccc2OC)cc1. The maximum atomic E-state index is 13.1. The number of amides is 1. The van der Waals surface area contributed by atoms with Crippen LogP contribution in [0.5, 0.6) is 11.5 Å². The molecule has 0 atom stereocenters. The molecule has 9 nitrogen and oxygen atoms in total. The molecule has 0 saturated carbocycles. The minimum Gasteiger partial charge on any atom is -0.495 e. The lowest BCUT2D eigenvalue weighted by molar-refractivity contribution is 0.102. The van der Waals surface area contributed by atoms with Gasteiger partial charge in [-0.15, -0.1) is 0 Å². The molecule has 2 aromatic heterocycles. The smallest absolute Gasteiger partial charge is 0.275 e. The third-order valence-corrected chi connectivity index (χ3v) is 6.38. The number of sulfonamides is 1. The van der Waals surface area contributed by atoms with Crippen LogP contribution in [0.4, 0.5) is 11.4 Å². The van der Waals surface area contributed by atoms with Crippen molar-refractivity contribution < 1.29 is 22.7 Å². The molecule has 176 valence electrons. The van der Waals surface area contributed by atoms with Crippen LogP contribution in [0.2, 0.25) is 0 Å². The first-order chi connectivity index (χ1) is 16.3. The van der Waals surface area contributed by atoms with Gasteiger partial charge in [0.15, 0.2) is 0 Å². The number of benzene rings is 2. The van der Waals surface area contributed by atoms with Gasteiger partial charge in [0.2, 0.25) is 0 Å². The Morgan fingerprint density at radius 1 is 1.06 bits per heavy atom. The van der Waals surface area contributed by atoms with Gasteiger partial charge in [0.1, 0.15) is 27.7 Å². The van der Waals surface area contributed by atoms with Gasteiger partial charge in [-0.3, -0.25) is 9.52 Å². The number of carbonyl (C=O) groups excluding carboxylic acids is 1. The Balaban J connectivity index is 1.58. The van der Waals surface area contributed by atoms with E-state index in [1.54, 1.807) is 40.9 Å². The molecule has 4 rings (SSSR count). The van der Waals surface area contributed by atoms with E-state index >= 15 is 0 Å². The fourth-order valence-corrected chi connectivity index (χ4v) is 4.60. The minimum absolute atomic E-state index is 0.118. The number of methoxy groups -OCH3 is 1. The summed E-state index contributed by atoms with van der Waals surface area (Å²) >= 11 is 0. The number of imidazole rings is 1. The molecule has 2 aromatic carbocycles. The maximum absolute atomic E-state index is 13.1. The second kappa shape index (κ2) is 9.44. The second-order valence-electron chi connectivity index (χ2n) is 7.48. The van der Waals surface area contributed by atoms with E-state index in [-0.39, 0.29) is 22.0 Å². The topological polar surface area (TPSA) is 111 Å². The average Bonchev–Trinajstić information content (AvgIpc) is 3.24. The highest BCUT2D eigenvalue weighted by molar-refractivity contribution is 7.92. The standard InChI is InChI=1S/C24H24N4O5S/c1-4-33-19-8-5-17(6-9-19)27-34(30,31)22-14-18(7-10-21(22)32-3)25-24(29)20-15-28-12-11-16(2)13-23(28)26-20/h5-15,27H,4H2,1-3H3,(H,25,29). The molecule has 4 aromatic rings. The van der Waals surface area contributed by atoms with Crippen LogP contribution in [0.1, 0.15) is 23.0 Å². The predicted octanol–water partition coefficient (Wildman–Crippen LogP) is 4.10. The molecule has 0 spiro atoms. The molecule has 0 saturated heterocycles. The largest absolute Gasteiger partial charge is 0.495 e. The zero-order chi connectivity index (χ0) is 24.3. The Kier molecular flexibility index (Phi) is 6.42. The number of rotatable bonds is 8. The monoisotopic (exact) mass is 480 g/mol. The van der Waals surface area contributed by atoms with Crippen LogP contribution < -0.4 is 19.5 Å². The molecule has 0 unspecified atom stereocenters. The number of aromatic nitrogens is 2. The van der Waals surface area contributed by atoms with Crippen LogP contribution in [-0.2, 0) is 10.0 Å². The van der Waals surface area contributed by atoms with Crippen LogP contribution in [0.3, 0.4) is 0 Å². The third kappa shape index (κ3) is 4.96. The fourth-order valence-electron chi connectivity index (χ4n) is 3.35. The van der Waals surface area contributed by atoms with Gasteiger partial charge in [-0.05, 0) is 74.0 Å². The molecule has 0 bridgehead atoms. The van der Waals surface area contributed by atoms with Crippen molar-refractivity contribution in [3.63, 3.8) is 0 Å². The quantitative estimate of drug-likeness (QED) is 0.393. The van der Waals surface area contributed by atoms with Crippen molar-refractivity contribution in [2.45, 2.75) is 18.7 Å². The highest BCUT2D eigenvalue weighted by atomic mass is 32.2. The summed E-state index contributed by atoms with van der Waals surface area (Å²) in [5, 5.41) is 2.70. The minimum atomic E-state index is -4.02. The Hall–Kier alpha value is -4.05. The first kappa shape index (κ1) is 23.1. The lowest BCUT2D eigenvalue weighted by atomic mass is 10.3. The molecular weight excluding hydrogens is 456 g/mol. The Bertz CT molecular complexity index is 1450. The molecule has 10 heteroatoms. The Morgan fingerprint density at radius 3 is 2.50 bits per heavy atom. The maximum Gasteiger partial charge on any atom is 0.275 e. The van der Waals surface area contributed by atoms with E-state index in [1.165, 1.54) is 19.2 Å². The highest BCUT2D eigenvalue weighted by Gasteiger charge is 2.21. The lowest BCUT2D eigenvalue weighted by Crippen LogP contribution is -2.16. The number of ether oxygens (including phenoxy) is 2. The lowest BCUT2D eigenvalue weighted by Gasteiger charge is -2.14. The zero-order valence-corrected chi connectivity index (χ0v) is 19.7. The molecule has 2 N–H and O–H groups in total. The van der Waals surface area contributed by atoms with Gasteiger partial charge in [-0.1, -0.05) is 0 Å². The van der Waals surface area contributed by atoms with Gasteiger partial charge >= 0.3 is 0 Å². The number of fused-ring (bicyclic) bond motifs is 1. The van der Waals surface area contributed by atoms with Crippen LogP contribution in [0, 0.1) is 6.92 Å². The summed E-state index contributed by atoms with van der Waals surface area (Å²) in [6, 6.07) is 14.7. The molecule has 0 aliphatic rings. The number of pyridine rings is 1. The average molecular weight is 481 g/mol. The van der Waals surface area contributed by atoms with Gasteiger partial charge < -0.3 is 19.2 Å². The summed E-state index contributed by atoms with van der Waals surface area (Å²) in [5.41, 5.74) is 2.52. The second-order valence-corrected chi connectivity index (χ2v) is 9.13. The molecule has 0 aliphatic carbocycles. The number of nitrogens with one attached hydrogen (secondary N) is 2. The summed E-state index contributed by atoms with van der Waals surface area (Å²) < 4.78 is 41.1. The number of hydrogen-bond donors (Lipinski definition) is 2. The van der Waals surface area contributed by atoms with Crippen molar-refractivity contribution in [1.82, 2.24) is 9.38 Å². The van der Waals surface area contributed by atoms with Crippen molar-refractivity contribution >= 4 is 33.0 Å². The van der Waals surface area contributed by atoms with Crippen LogP contribution in [0.15, 0.2) is 71.9 Å². The summed E-state index contributed by atoms with van der Waals surface area (Å²) in [7, 11) is -2.64. The Labute approximate surface area is 197 Å². The normalized spacial score (nSPS) is 11.3. The number of anilines is 2. The summed E-state index contributed by atoms with van der Waals surface area (Å²) in [5.74, 6) is 0.309. The van der Waals surface area contributed by atoms with E-state index in [4.69, 9.17) is 9.47 Å². The zero-order valence-electron chi connectivity index (χ0n) is 18.9. The molecule has 0 fully saturated rings. The van der Waals surface area contributed by atoms with E-state index in [0.717, 1.165) is 5.56 Å². The van der Waals surface area contributed by atoms with Crippen molar-refractivity contribution in [1.29, 1.82) is 0 Å². The molecule has 2 heterocycles. The van der Waals surface area contributed by atoms with Crippen LogP contribution in [0.25, 0.3) is 5.65 Å². The third-order valence-electron chi connectivity index (χ3n) is 4.98. The molecule has 0 aliphatic heterocycles. The van der Waals surface area contributed by atoms with E-state index < -0.39 is 15.9 Å². The van der Waals surface area contributed by atoms with E-state index in [1.807, 2.05) is 32.2 Å². The van der Waals surface area contributed by atoms with Crippen molar-refractivity contribution in [2.75, 3.05) is 23.8 Å². The van der Waals surface area contributed by atoms with Crippen LogP contribution in [-0.4, -0.2) is 37.4 Å². The first-order valence-corrected chi connectivity index (χ1v) is 12.0. The van der Waals surface area contributed by atoms with E-state index in [2.05, 4.69) is 15.0 Å². The molecule has 34 heavy (non-hydrogen) atoms. The number of carbonyl (C=O) groups is 1. The van der Waals surface area contributed by atoms with Crippen molar-refractivity contribution in [3.05, 3.63) is 78.2 Å². The number of nitrogens with zero attached hydrogens (tertiary/aromatic N) is 2. The summed E-state index contributed by atoms with van der Waals surface area (Å²) in [6.07, 6.45) is 3.43. The highest BCUT2D eigenvalue weighted by Crippen LogP contribution is 2.29. The number of aryl methyl sites for hydroxylation is 1. The summed E-state index contributed by atoms with van der Waals surface area (Å²) in [6.45, 7) is 4.31. The first-order valence-electron chi connectivity index (χ1n) is 10.5. The molecule has 1 amide bonds. The van der Waals surface area contributed by atoms with Gasteiger partial charge in [-0.2, -0.15) is 0 Å². The summed E-state index contributed by atoms with van der Waals surface area (Å²) in [4.78, 5) is 17.0. The van der Waals surface area contributed by atoms with Gasteiger partial charge in [0.05, 0.1) is 13.7 Å². The number of hydrogen-bond acceptors (Lipinski definition) is 6. The van der Waals surface area contributed by atoms with Crippen molar-refractivity contribution in [3.8, 4) is 11.5 Å². The predicted molar refractivity (Wildman–Crippen MR) is 129 cm³/mol.